The van der Waals surface area contributed by atoms with E-state index >= 15 is 0 Å². The molecule has 1 saturated heterocycles. The first-order valence-electron chi connectivity index (χ1n) is 6.53. The van der Waals surface area contributed by atoms with E-state index in [1.54, 1.807) is 7.11 Å². The van der Waals surface area contributed by atoms with E-state index < -0.39 is 0 Å². The lowest BCUT2D eigenvalue weighted by atomic mass is 9.86. The molecule has 0 radical (unpaired) electrons. The molecule has 2 nitrogen and oxygen atoms in total. The minimum Gasteiger partial charge on any atom is -0.496 e. The van der Waals surface area contributed by atoms with E-state index in [4.69, 9.17) is 4.74 Å². The first-order valence-corrected chi connectivity index (χ1v) is 6.53. The average Bonchev–Trinajstić information content (AvgIpc) is 2.29. The lowest BCUT2D eigenvalue weighted by Crippen LogP contribution is -2.35. The zero-order chi connectivity index (χ0) is 12.3. The van der Waals surface area contributed by atoms with Gasteiger partial charge in [0.1, 0.15) is 5.75 Å². The fraction of sp³-hybridized carbons (Fsp3) is 0.600. The molecule has 0 aliphatic carbocycles. The van der Waals surface area contributed by atoms with Gasteiger partial charge in [-0.3, -0.25) is 0 Å². The molecule has 2 rings (SSSR count). The van der Waals surface area contributed by atoms with E-state index in [0.717, 1.165) is 30.6 Å². The monoisotopic (exact) mass is 233 g/mol. The molecular formula is C15H23NO. The molecule has 0 amide bonds. The summed E-state index contributed by atoms with van der Waals surface area (Å²) in [6.45, 7) is 6.78. The highest BCUT2D eigenvalue weighted by atomic mass is 16.5. The predicted octanol–water partition coefficient (Wildman–Crippen LogP) is 2.79. The van der Waals surface area contributed by atoms with Gasteiger partial charge in [0.25, 0.3) is 0 Å². The van der Waals surface area contributed by atoms with Crippen molar-refractivity contribution >= 4 is 0 Å². The summed E-state index contributed by atoms with van der Waals surface area (Å²) in [5.74, 6) is 2.58. The molecule has 0 spiro atoms. The van der Waals surface area contributed by atoms with Crippen LogP contribution in [0.15, 0.2) is 18.2 Å². The molecule has 1 fully saturated rings. The normalized spacial score (nSPS) is 24.6. The van der Waals surface area contributed by atoms with Crippen LogP contribution in [0.5, 0.6) is 5.75 Å². The van der Waals surface area contributed by atoms with Crippen molar-refractivity contribution in [3.05, 3.63) is 29.3 Å². The molecule has 2 heteroatoms. The van der Waals surface area contributed by atoms with Gasteiger partial charge in [0, 0.05) is 0 Å². The molecule has 1 aliphatic heterocycles. The van der Waals surface area contributed by atoms with Crippen molar-refractivity contribution in [2.24, 2.45) is 11.8 Å². The highest BCUT2D eigenvalue weighted by Gasteiger charge is 2.19. The van der Waals surface area contributed by atoms with E-state index in [1.165, 1.54) is 24.1 Å². The van der Waals surface area contributed by atoms with Crippen LogP contribution >= 0.6 is 0 Å². The van der Waals surface area contributed by atoms with Gasteiger partial charge in [-0.15, -0.1) is 0 Å². The lowest BCUT2D eigenvalue weighted by Gasteiger charge is -2.28. The Kier molecular flexibility index (Phi) is 4.06. The Morgan fingerprint density at radius 2 is 2.18 bits per heavy atom. The van der Waals surface area contributed by atoms with E-state index in [9.17, 15) is 0 Å². The second-order valence-electron chi connectivity index (χ2n) is 5.38. The Labute approximate surface area is 104 Å². The maximum Gasteiger partial charge on any atom is 0.122 e. The molecule has 0 saturated carbocycles. The van der Waals surface area contributed by atoms with E-state index in [2.05, 4.69) is 37.4 Å². The summed E-state index contributed by atoms with van der Waals surface area (Å²) in [7, 11) is 1.76. The van der Waals surface area contributed by atoms with Crippen LogP contribution in [0.4, 0.5) is 0 Å². The number of piperidine rings is 1. The number of nitrogens with one attached hydrogen (secondary N) is 1. The van der Waals surface area contributed by atoms with Gasteiger partial charge in [0.05, 0.1) is 7.11 Å². The summed E-state index contributed by atoms with van der Waals surface area (Å²) in [6, 6.07) is 6.46. The summed E-state index contributed by atoms with van der Waals surface area (Å²) in [6.07, 6.45) is 2.45. The van der Waals surface area contributed by atoms with Crippen LogP contribution < -0.4 is 10.1 Å². The van der Waals surface area contributed by atoms with Gasteiger partial charge in [-0.1, -0.05) is 24.6 Å². The van der Waals surface area contributed by atoms with Gasteiger partial charge in [0.15, 0.2) is 0 Å². The topological polar surface area (TPSA) is 21.3 Å². The number of rotatable bonds is 3. The molecule has 2 unspecified atom stereocenters. The first kappa shape index (κ1) is 12.4. The van der Waals surface area contributed by atoms with Crippen molar-refractivity contribution in [3.63, 3.8) is 0 Å². The third-order valence-electron chi connectivity index (χ3n) is 3.61. The van der Waals surface area contributed by atoms with Crippen LogP contribution in [-0.4, -0.2) is 20.2 Å². The van der Waals surface area contributed by atoms with E-state index in [1.807, 2.05) is 0 Å². The summed E-state index contributed by atoms with van der Waals surface area (Å²) in [5.41, 5.74) is 2.67. The Balaban J connectivity index is 2.08. The van der Waals surface area contributed by atoms with Gasteiger partial charge in [-0.05, 0) is 56.3 Å². The minimum absolute atomic E-state index is 0.745. The molecule has 2 atom stereocenters. The van der Waals surface area contributed by atoms with Crippen LogP contribution in [0.25, 0.3) is 0 Å². The van der Waals surface area contributed by atoms with Crippen LogP contribution in [0.3, 0.4) is 0 Å². The molecule has 94 valence electrons. The predicted molar refractivity (Wildman–Crippen MR) is 71.6 cm³/mol. The zero-order valence-electron chi connectivity index (χ0n) is 11.1. The fourth-order valence-electron chi connectivity index (χ4n) is 2.80. The number of hydrogen-bond acceptors (Lipinski definition) is 2. The second-order valence-corrected chi connectivity index (χ2v) is 5.38. The molecule has 1 heterocycles. The molecule has 1 aliphatic rings. The molecule has 17 heavy (non-hydrogen) atoms. The molecule has 0 bridgehead atoms. The van der Waals surface area contributed by atoms with Crippen LogP contribution in [0, 0.1) is 18.8 Å². The van der Waals surface area contributed by atoms with Crippen molar-refractivity contribution < 1.29 is 4.74 Å². The Bertz CT molecular complexity index is 375. The molecule has 1 N–H and O–H groups in total. The number of methoxy groups -OCH3 is 1. The van der Waals surface area contributed by atoms with Crippen molar-refractivity contribution in [2.75, 3.05) is 20.2 Å². The Morgan fingerprint density at radius 1 is 1.35 bits per heavy atom. The summed E-state index contributed by atoms with van der Waals surface area (Å²) < 4.78 is 5.45. The number of aryl methyl sites for hydroxylation is 1. The largest absolute Gasteiger partial charge is 0.496 e. The molecular weight excluding hydrogens is 210 g/mol. The standard InChI is InChI=1S/C15H23NO/c1-11-4-5-15(17-3)14(7-11)8-13-6-12(2)9-16-10-13/h4-5,7,12-13,16H,6,8-10H2,1-3H3. The molecule has 0 aromatic heterocycles. The van der Waals surface area contributed by atoms with Gasteiger partial charge in [-0.2, -0.15) is 0 Å². The summed E-state index contributed by atoms with van der Waals surface area (Å²) in [4.78, 5) is 0. The first-order chi connectivity index (χ1) is 8.19. The van der Waals surface area contributed by atoms with Crippen LogP contribution in [-0.2, 0) is 6.42 Å². The quantitative estimate of drug-likeness (QED) is 0.867. The third-order valence-corrected chi connectivity index (χ3v) is 3.61. The highest BCUT2D eigenvalue weighted by Crippen LogP contribution is 2.26. The second kappa shape index (κ2) is 5.54. The Hall–Kier alpha value is -1.02. The SMILES string of the molecule is COc1ccc(C)cc1CC1CNCC(C)C1. The smallest absolute Gasteiger partial charge is 0.122 e. The summed E-state index contributed by atoms with van der Waals surface area (Å²) in [5, 5.41) is 3.52. The number of ether oxygens (including phenoxy) is 1. The summed E-state index contributed by atoms with van der Waals surface area (Å²) >= 11 is 0. The third kappa shape index (κ3) is 3.22. The van der Waals surface area contributed by atoms with Crippen LogP contribution in [0.1, 0.15) is 24.5 Å². The van der Waals surface area contributed by atoms with Gasteiger partial charge in [-0.25, -0.2) is 0 Å². The van der Waals surface area contributed by atoms with Crippen molar-refractivity contribution in [1.29, 1.82) is 0 Å². The molecule has 1 aromatic carbocycles. The van der Waals surface area contributed by atoms with Gasteiger partial charge >= 0.3 is 0 Å². The van der Waals surface area contributed by atoms with E-state index in [-0.39, 0.29) is 0 Å². The Morgan fingerprint density at radius 3 is 2.88 bits per heavy atom. The number of hydrogen-bond donors (Lipinski definition) is 1. The van der Waals surface area contributed by atoms with E-state index in [0.29, 0.717) is 0 Å². The number of benzene rings is 1. The minimum atomic E-state index is 0.745. The van der Waals surface area contributed by atoms with Crippen molar-refractivity contribution in [3.8, 4) is 5.75 Å². The fourth-order valence-corrected chi connectivity index (χ4v) is 2.80. The van der Waals surface area contributed by atoms with Crippen LogP contribution in [0.2, 0.25) is 0 Å². The van der Waals surface area contributed by atoms with Gasteiger partial charge < -0.3 is 10.1 Å². The maximum atomic E-state index is 5.45. The highest BCUT2D eigenvalue weighted by molar-refractivity contribution is 5.37. The average molecular weight is 233 g/mol. The van der Waals surface area contributed by atoms with Crippen molar-refractivity contribution in [1.82, 2.24) is 5.32 Å². The zero-order valence-corrected chi connectivity index (χ0v) is 11.1. The van der Waals surface area contributed by atoms with Gasteiger partial charge in [0.2, 0.25) is 0 Å². The molecule has 1 aromatic rings. The lowest BCUT2D eigenvalue weighted by molar-refractivity contribution is 0.298. The van der Waals surface area contributed by atoms with Crippen molar-refractivity contribution in [2.45, 2.75) is 26.7 Å². The maximum absolute atomic E-state index is 5.45.